The molecule has 0 aliphatic carbocycles. The van der Waals surface area contributed by atoms with Gasteiger partial charge in [0.25, 0.3) is 0 Å². The topological polar surface area (TPSA) is 91.7 Å². The number of carbonyl (C=O) groups excluding carboxylic acids is 1. The lowest BCUT2D eigenvalue weighted by atomic mass is 10.0. The van der Waals surface area contributed by atoms with Gasteiger partial charge in [-0.2, -0.15) is 0 Å². The average Bonchev–Trinajstić information content (AvgIpc) is 1.98. The van der Waals surface area contributed by atoms with E-state index in [1.807, 2.05) is 0 Å². The fourth-order valence-electron chi connectivity index (χ4n) is 0.626. The van der Waals surface area contributed by atoms with E-state index >= 15 is 0 Å². The van der Waals surface area contributed by atoms with E-state index in [1.165, 1.54) is 0 Å². The third-order valence-corrected chi connectivity index (χ3v) is 1.22. The van der Waals surface area contributed by atoms with Crippen molar-refractivity contribution in [2.45, 2.75) is 13.8 Å². The zero-order valence-corrected chi connectivity index (χ0v) is 6.19. The monoisotopic (exact) mass is 188 g/mol. The molecule has 5 heteroatoms. The minimum Gasteiger partial charge on any atom is -0.481 e. The van der Waals surface area contributed by atoms with Gasteiger partial charge in [0.2, 0.25) is 0 Å². The highest BCUT2D eigenvalue weighted by molar-refractivity contribution is 6.05. The molecule has 0 aliphatic rings. The third-order valence-electron chi connectivity index (χ3n) is 1.22. The first-order chi connectivity index (χ1) is 5.49. The fraction of sp³-hybridized carbons (Fsp3) is 0.375. The fourth-order valence-corrected chi connectivity index (χ4v) is 0.626. The van der Waals surface area contributed by atoms with Crippen LogP contribution in [-0.2, 0) is 14.4 Å². The molecule has 0 spiro atoms. The van der Waals surface area contributed by atoms with E-state index in [0.717, 1.165) is 6.08 Å². The van der Waals surface area contributed by atoms with Crippen molar-refractivity contribution in [3.8, 4) is 0 Å². The van der Waals surface area contributed by atoms with Crippen LogP contribution in [0.2, 0.25) is 0 Å². The van der Waals surface area contributed by atoms with Crippen LogP contribution in [0.4, 0.5) is 0 Å². The molecule has 74 valence electrons. The lowest BCUT2D eigenvalue weighted by Crippen LogP contribution is -2.24. The van der Waals surface area contributed by atoms with E-state index < -0.39 is 30.1 Å². The standard InChI is InChI=1S/C7H8O5.CH4/c1-2-5(8)4(7(11)12)3-6(9)10;/h2,4H,1,3H2,(H,9,10)(H,11,12);1H4. The molecule has 13 heavy (non-hydrogen) atoms. The Morgan fingerprint density at radius 3 is 2.00 bits per heavy atom. The van der Waals surface area contributed by atoms with Gasteiger partial charge in [-0.3, -0.25) is 14.4 Å². The molecular formula is C8H12O5. The molecular weight excluding hydrogens is 176 g/mol. The average molecular weight is 188 g/mol. The van der Waals surface area contributed by atoms with Crippen LogP contribution in [0.1, 0.15) is 13.8 Å². The molecule has 5 nitrogen and oxygen atoms in total. The maximum Gasteiger partial charge on any atom is 0.315 e. The molecule has 0 aromatic rings. The van der Waals surface area contributed by atoms with Gasteiger partial charge in [0.1, 0.15) is 5.92 Å². The summed E-state index contributed by atoms with van der Waals surface area (Å²) in [6.45, 7) is 3.07. The number of ketones is 1. The first kappa shape index (κ1) is 13.9. The van der Waals surface area contributed by atoms with Gasteiger partial charge in [0.05, 0.1) is 6.42 Å². The Morgan fingerprint density at radius 2 is 1.77 bits per heavy atom. The van der Waals surface area contributed by atoms with Crippen molar-refractivity contribution in [1.29, 1.82) is 0 Å². The molecule has 0 radical (unpaired) electrons. The molecule has 0 saturated carbocycles. The second-order valence-electron chi connectivity index (χ2n) is 2.10. The minimum atomic E-state index is -1.51. The van der Waals surface area contributed by atoms with Crippen molar-refractivity contribution in [3.05, 3.63) is 12.7 Å². The molecule has 0 saturated heterocycles. The number of carbonyl (C=O) groups is 3. The quantitative estimate of drug-likeness (QED) is 0.485. The van der Waals surface area contributed by atoms with E-state index in [9.17, 15) is 14.4 Å². The highest BCUT2D eigenvalue weighted by Gasteiger charge is 2.26. The molecule has 0 fully saturated rings. The van der Waals surface area contributed by atoms with Crippen LogP contribution in [0.25, 0.3) is 0 Å². The largest absolute Gasteiger partial charge is 0.481 e. The summed E-state index contributed by atoms with van der Waals surface area (Å²) in [7, 11) is 0. The van der Waals surface area contributed by atoms with Gasteiger partial charge in [0, 0.05) is 0 Å². The minimum absolute atomic E-state index is 0. The van der Waals surface area contributed by atoms with Crippen LogP contribution in [0.3, 0.4) is 0 Å². The number of rotatable bonds is 5. The zero-order chi connectivity index (χ0) is 9.72. The number of hydrogen-bond acceptors (Lipinski definition) is 3. The molecule has 0 aromatic carbocycles. The summed E-state index contributed by atoms with van der Waals surface area (Å²) in [5.74, 6) is -5.07. The first-order valence-electron chi connectivity index (χ1n) is 3.10. The second kappa shape index (κ2) is 5.93. The maximum atomic E-state index is 10.7. The highest BCUT2D eigenvalue weighted by Crippen LogP contribution is 2.05. The van der Waals surface area contributed by atoms with Gasteiger partial charge in [-0.1, -0.05) is 14.0 Å². The number of carboxylic acids is 2. The van der Waals surface area contributed by atoms with Crippen molar-refractivity contribution in [2.24, 2.45) is 5.92 Å². The number of carboxylic acid groups (broad SMARTS) is 2. The molecule has 0 aliphatic heterocycles. The van der Waals surface area contributed by atoms with Gasteiger partial charge in [0.15, 0.2) is 5.78 Å². The summed E-state index contributed by atoms with van der Waals surface area (Å²) in [5.41, 5.74) is 0. The first-order valence-corrected chi connectivity index (χ1v) is 3.10. The number of hydrogen-bond donors (Lipinski definition) is 2. The summed E-state index contributed by atoms with van der Waals surface area (Å²) in [4.78, 5) is 31.1. The predicted molar refractivity (Wildman–Crippen MR) is 45.3 cm³/mol. The van der Waals surface area contributed by atoms with E-state index in [1.54, 1.807) is 0 Å². The van der Waals surface area contributed by atoms with Crippen molar-refractivity contribution < 1.29 is 24.6 Å². The predicted octanol–water partition coefficient (Wildman–Crippen LogP) is 0.553. The van der Waals surface area contributed by atoms with Gasteiger partial charge >= 0.3 is 11.9 Å². The van der Waals surface area contributed by atoms with Gasteiger partial charge < -0.3 is 10.2 Å². The van der Waals surface area contributed by atoms with Gasteiger partial charge in [-0.15, -0.1) is 0 Å². The SMILES string of the molecule is C.C=CC(=O)C(CC(=O)O)C(=O)O. The van der Waals surface area contributed by atoms with Crippen LogP contribution in [0, 0.1) is 5.92 Å². The summed E-state index contributed by atoms with van der Waals surface area (Å²) in [6.07, 6.45) is 0.0991. The van der Waals surface area contributed by atoms with Crippen molar-refractivity contribution in [2.75, 3.05) is 0 Å². The lowest BCUT2D eigenvalue weighted by molar-refractivity contribution is -0.151. The summed E-state index contributed by atoms with van der Waals surface area (Å²) < 4.78 is 0. The summed E-state index contributed by atoms with van der Waals surface area (Å²) in [6, 6.07) is 0. The van der Waals surface area contributed by atoms with E-state index in [2.05, 4.69) is 6.58 Å². The normalized spacial score (nSPS) is 10.8. The Kier molecular flexibility index (Phi) is 6.35. The Balaban J connectivity index is 0. The van der Waals surface area contributed by atoms with E-state index in [4.69, 9.17) is 10.2 Å². The maximum absolute atomic E-state index is 10.7. The van der Waals surface area contributed by atoms with Crippen molar-refractivity contribution in [3.63, 3.8) is 0 Å². The molecule has 0 bridgehead atoms. The van der Waals surface area contributed by atoms with Gasteiger partial charge in [-0.05, 0) is 6.08 Å². The van der Waals surface area contributed by atoms with Gasteiger partial charge in [-0.25, -0.2) is 0 Å². The van der Waals surface area contributed by atoms with Crippen molar-refractivity contribution in [1.82, 2.24) is 0 Å². The Bertz CT molecular complexity index is 231. The molecule has 0 rings (SSSR count). The Hall–Kier alpha value is -1.65. The summed E-state index contributed by atoms with van der Waals surface area (Å²) in [5, 5.41) is 16.6. The molecule has 1 unspecified atom stereocenters. The Morgan fingerprint density at radius 1 is 1.31 bits per heavy atom. The van der Waals surface area contributed by atoms with Crippen molar-refractivity contribution >= 4 is 17.7 Å². The van der Waals surface area contributed by atoms with Crippen LogP contribution < -0.4 is 0 Å². The van der Waals surface area contributed by atoms with Crippen LogP contribution in [0.5, 0.6) is 0 Å². The molecule has 0 heterocycles. The Labute approximate surface area is 75.7 Å². The smallest absolute Gasteiger partial charge is 0.315 e. The van der Waals surface area contributed by atoms with E-state index in [0.29, 0.717) is 0 Å². The zero-order valence-electron chi connectivity index (χ0n) is 6.19. The van der Waals surface area contributed by atoms with Crippen LogP contribution >= 0.6 is 0 Å². The van der Waals surface area contributed by atoms with Crippen LogP contribution in [-0.4, -0.2) is 27.9 Å². The lowest BCUT2D eigenvalue weighted by Gasteiger charge is -2.03. The van der Waals surface area contributed by atoms with Crippen LogP contribution in [0.15, 0.2) is 12.7 Å². The van der Waals surface area contributed by atoms with E-state index in [-0.39, 0.29) is 7.43 Å². The highest BCUT2D eigenvalue weighted by atomic mass is 16.4. The second-order valence-corrected chi connectivity index (χ2v) is 2.10. The molecule has 2 N–H and O–H groups in total. The summed E-state index contributed by atoms with van der Waals surface area (Å²) >= 11 is 0. The molecule has 0 amide bonds. The molecule has 0 aromatic heterocycles. The number of aliphatic carboxylic acids is 2. The third kappa shape index (κ3) is 4.73. The molecule has 1 atom stereocenters. The number of allylic oxidation sites excluding steroid dienone is 1.